The minimum Gasteiger partial charge on any atom is -0.480 e. The highest BCUT2D eigenvalue weighted by atomic mass is 16.4. The van der Waals surface area contributed by atoms with E-state index in [9.17, 15) is 14.7 Å². The van der Waals surface area contributed by atoms with E-state index in [2.05, 4.69) is 0 Å². The average molecular weight is 277 g/mol. The molecule has 5 heteroatoms. The predicted molar refractivity (Wildman–Crippen MR) is 73.1 cm³/mol. The molecule has 1 aromatic rings. The van der Waals surface area contributed by atoms with Crippen LogP contribution in [-0.4, -0.2) is 45.7 Å². The number of hydrogen-bond acceptors (Lipinski definition) is 3. The molecule has 0 aliphatic carbocycles. The van der Waals surface area contributed by atoms with Gasteiger partial charge < -0.3 is 15.1 Å². The smallest absolute Gasteiger partial charge is 0.326 e. The first-order valence-electron chi connectivity index (χ1n) is 6.82. The fourth-order valence-electron chi connectivity index (χ4n) is 2.56. The van der Waals surface area contributed by atoms with Gasteiger partial charge in [-0.15, -0.1) is 0 Å². The Balaban J connectivity index is 1.84. The quantitative estimate of drug-likeness (QED) is 0.843. The number of carboxylic acid groups (broad SMARTS) is 1. The number of likely N-dealkylation sites (tertiary alicyclic amines) is 1. The van der Waals surface area contributed by atoms with Crippen LogP contribution >= 0.6 is 0 Å². The molecule has 0 aromatic heterocycles. The van der Waals surface area contributed by atoms with Crippen LogP contribution in [0, 0.1) is 0 Å². The summed E-state index contributed by atoms with van der Waals surface area (Å²) in [6.45, 7) is 0.126. The highest BCUT2D eigenvalue weighted by Gasteiger charge is 2.38. The lowest BCUT2D eigenvalue weighted by Gasteiger charge is -2.21. The standard InChI is InChI=1S/C15H19NO4/c17-12-9-13(15(19)20)16(10-12)14(18)8-4-7-11-5-2-1-3-6-11/h1-3,5-6,12-13,17H,4,7-10H2,(H,19,20)/t12-,13-/m0/s1. The molecule has 108 valence electrons. The zero-order valence-electron chi connectivity index (χ0n) is 11.2. The number of amides is 1. The molecule has 0 radical (unpaired) electrons. The van der Waals surface area contributed by atoms with Crippen LogP contribution < -0.4 is 0 Å². The van der Waals surface area contributed by atoms with Crippen LogP contribution in [0.3, 0.4) is 0 Å². The lowest BCUT2D eigenvalue weighted by Crippen LogP contribution is -2.40. The Hall–Kier alpha value is -1.88. The van der Waals surface area contributed by atoms with Crippen molar-refractivity contribution in [2.24, 2.45) is 0 Å². The number of carboxylic acids is 1. The van der Waals surface area contributed by atoms with Gasteiger partial charge in [0.25, 0.3) is 0 Å². The molecular weight excluding hydrogens is 258 g/mol. The summed E-state index contributed by atoms with van der Waals surface area (Å²) in [5.41, 5.74) is 1.16. The minimum absolute atomic E-state index is 0.125. The molecule has 5 nitrogen and oxygen atoms in total. The third kappa shape index (κ3) is 3.57. The van der Waals surface area contributed by atoms with Crippen molar-refractivity contribution >= 4 is 11.9 Å². The van der Waals surface area contributed by atoms with Gasteiger partial charge in [0.2, 0.25) is 5.91 Å². The van der Waals surface area contributed by atoms with Gasteiger partial charge in [0.1, 0.15) is 6.04 Å². The van der Waals surface area contributed by atoms with E-state index in [0.717, 1.165) is 12.0 Å². The molecule has 0 bridgehead atoms. The second-order valence-corrected chi connectivity index (χ2v) is 5.13. The number of carbonyl (C=O) groups excluding carboxylic acids is 1. The SMILES string of the molecule is O=C(O)[C@@H]1C[C@H](O)CN1C(=O)CCCc1ccccc1. The number of rotatable bonds is 5. The van der Waals surface area contributed by atoms with Gasteiger partial charge in [-0.05, 0) is 18.4 Å². The zero-order chi connectivity index (χ0) is 14.5. The van der Waals surface area contributed by atoms with Gasteiger partial charge >= 0.3 is 5.97 Å². The maximum absolute atomic E-state index is 12.0. The van der Waals surface area contributed by atoms with Gasteiger partial charge in [0, 0.05) is 19.4 Å². The van der Waals surface area contributed by atoms with Crippen molar-refractivity contribution in [2.45, 2.75) is 37.8 Å². The van der Waals surface area contributed by atoms with Crippen molar-refractivity contribution in [1.82, 2.24) is 4.90 Å². The van der Waals surface area contributed by atoms with E-state index in [1.54, 1.807) is 0 Å². The molecule has 20 heavy (non-hydrogen) atoms. The molecule has 2 atom stereocenters. The van der Waals surface area contributed by atoms with E-state index in [-0.39, 0.29) is 18.9 Å². The first-order chi connectivity index (χ1) is 9.58. The summed E-state index contributed by atoms with van der Waals surface area (Å²) in [5.74, 6) is -1.23. The monoisotopic (exact) mass is 277 g/mol. The third-order valence-corrected chi connectivity index (χ3v) is 3.58. The van der Waals surface area contributed by atoms with Crippen LogP contribution in [0.1, 0.15) is 24.8 Å². The van der Waals surface area contributed by atoms with E-state index in [0.29, 0.717) is 12.8 Å². The Morgan fingerprint density at radius 3 is 2.60 bits per heavy atom. The second-order valence-electron chi connectivity index (χ2n) is 5.13. The van der Waals surface area contributed by atoms with Crippen molar-refractivity contribution < 1.29 is 19.8 Å². The van der Waals surface area contributed by atoms with Gasteiger partial charge in [-0.2, -0.15) is 0 Å². The number of aryl methyl sites for hydroxylation is 1. The lowest BCUT2D eigenvalue weighted by atomic mass is 10.1. The molecular formula is C15H19NO4. The number of hydrogen-bond donors (Lipinski definition) is 2. The molecule has 1 amide bonds. The van der Waals surface area contributed by atoms with E-state index in [4.69, 9.17) is 5.11 Å². The maximum Gasteiger partial charge on any atom is 0.326 e. The van der Waals surface area contributed by atoms with Crippen molar-refractivity contribution in [1.29, 1.82) is 0 Å². The number of carbonyl (C=O) groups is 2. The van der Waals surface area contributed by atoms with Crippen molar-refractivity contribution in [3.05, 3.63) is 35.9 Å². The molecule has 1 aliphatic heterocycles. The van der Waals surface area contributed by atoms with Gasteiger partial charge in [0.05, 0.1) is 6.10 Å². The number of aliphatic carboxylic acids is 1. The molecule has 0 unspecified atom stereocenters. The maximum atomic E-state index is 12.0. The zero-order valence-corrected chi connectivity index (χ0v) is 11.2. The summed E-state index contributed by atoms with van der Waals surface area (Å²) in [6.07, 6.45) is 1.18. The van der Waals surface area contributed by atoms with Gasteiger partial charge in [-0.3, -0.25) is 4.79 Å². The number of aliphatic hydroxyl groups is 1. The Labute approximate surface area is 117 Å². The summed E-state index contributed by atoms with van der Waals surface area (Å²) >= 11 is 0. The van der Waals surface area contributed by atoms with Crippen molar-refractivity contribution in [3.63, 3.8) is 0 Å². The molecule has 0 spiro atoms. The Bertz CT molecular complexity index is 474. The highest BCUT2D eigenvalue weighted by Crippen LogP contribution is 2.20. The molecule has 0 saturated carbocycles. The molecule has 1 aromatic carbocycles. The molecule has 1 aliphatic rings. The first kappa shape index (κ1) is 14.5. The van der Waals surface area contributed by atoms with Gasteiger partial charge in [-0.25, -0.2) is 4.79 Å². The van der Waals surface area contributed by atoms with E-state index >= 15 is 0 Å². The van der Waals surface area contributed by atoms with Crippen LogP contribution in [0.4, 0.5) is 0 Å². The van der Waals surface area contributed by atoms with Crippen LogP contribution in [-0.2, 0) is 16.0 Å². The number of nitrogens with zero attached hydrogens (tertiary/aromatic N) is 1. The Kier molecular flexibility index (Phi) is 4.74. The summed E-state index contributed by atoms with van der Waals surface area (Å²) in [7, 11) is 0. The van der Waals surface area contributed by atoms with E-state index in [1.165, 1.54) is 4.90 Å². The van der Waals surface area contributed by atoms with E-state index in [1.807, 2.05) is 30.3 Å². The van der Waals surface area contributed by atoms with Gasteiger partial charge in [-0.1, -0.05) is 30.3 Å². The number of aliphatic hydroxyl groups excluding tert-OH is 1. The van der Waals surface area contributed by atoms with Crippen molar-refractivity contribution in [2.75, 3.05) is 6.54 Å². The topological polar surface area (TPSA) is 77.8 Å². The normalized spacial score (nSPS) is 21.9. The lowest BCUT2D eigenvalue weighted by molar-refractivity contribution is -0.148. The fraction of sp³-hybridized carbons (Fsp3) is 0.467. The van der Waals surface area contributed by atoms with Gasteiger partial charge in [0.15, 0.2) is 0 Å². The van der Waals surface area contributed by atoms with Crippen LogP contribution in [0.25, 0.3) is 0 Å². The second kappa shape index (κ2) is 6.52. The minimum atomic E-state index is -1.04. The molecule has 1 saturated heterocycles. The highest BCUT2D eigenvalue weighted by molar-refractivity contribution is 5.84. The predicted octanol–water partition coefficient (Wildman–Crippen LogP) is 1.06. The Morgan fingerprint density at radius 2 is 1.95 bits per heavy atom. The first-order valence-corrected chi connectivity index (χ1v) is 6.82. The molecule has 2 N–H and O–H groups in total. The summed E-state index contributed by atoms with van der Waals surface area (Å²) in [5, 5.41) is 18.6. The van der Waals surface area contributed by atoms with Crippen molar-refractivity contribution in [3.8, 4) is 0 Å². The molecule has 2 rings (SSSR count). The molecule has 1 heterocycles. The largest absolute Gasteiger partial charge is 0.480 e. The van der Waals surface area contributed by atoms with Crippen LogP contribution in [0.15, 0.2) is 30.3 Å². The number of β-amino-alcohol motifs (C(OH)–C–C–N with tert-alkyl or cyclic N) is 1. The van der Waals surface area contributed by atoms with Crippen LogP contribution in [0.2, 0.25) is 0 Å². The van der Waals surface area contributed by atoms with E-state index < -0.39 is 18.1 Å². The Morgan fingerprint density at radius 1 is 1.25 bits per heavy atom. The summed E-state index contributed by atoms with van der Waals surface area (Å²) in [6, 6.07) is 8.98. The summed E-state index contributed by atoms with van der Waals surface area (Å²) in [4.78, 5) is 24.4. The number of benzene rings is 1. The third-order valence-electron chi connectivity index (χ3n) is 3.58. The van der Waals surface area contributed by atoms with Crippen LogP contribution in [0.5, 0.6) is 0 Å². The molecule has 1 fully saturated rings. The fourth-order valence-corrected chi connectivity index (χ4v) is 2.56. The average Bonchev–Trinajstić information content (AvgIpc) is 2.82. The summed E-state index contributed by atoms with van der Waals surface area (Å²) < 4.78 is 0.